The van der Waals surface area contributed by atoms with Gasteiger partial charge in [-0.1, -0.05) is 23.7 Å². The quantitative estimate of drug-likeness (QED) is 0.830. The molecule has 1 aliphatic rings. The van der Waals surface area contributed by atoms with Gasteiger partial charge in [-0.05, 0) is 42.0 Å². The molecule has 0 aliphatic carbocycles. The Bertz CT molecular complexity index is 618. The third-order valence-corrected chi connectivity index (χ3v) is 4.04. The Labute approximate surface area is 140 Å². The van der Waals surface area contributed by atoms with Crippen LogP contribution in [-0.2, 0) is 11.3 Å². The van der Waals surface area contributed by atoms with E-state index in [2.05, 4.69) is 4.90 Å². The van der Waals surface area contributed by atoms with Crippen LogP contribution in [0.5, 0.6) is 5.75 Å². The van der Waals surface area contributed by atoms with Crippen LogP contribution in [0, 0.1) is 5.82 Å². The Morgan fingerprint density at radius 2 is 1.87 bits per heavy atom. The molecule has 0 bridgehead atoms. The minimum Gasteiger partial charge on any atom is -0.491 e. The molecular formula is C18H19ClFNO2. The molecular weight excluding hydrogens is 317 g/mol. The van der Waals surface area contributed by atoms with Gasteiger partial charge in [0, 0.05) is 24.7 Å². The number of halogens is 2. The van der Waals surface area contributed by atoms with E-state index in [1.54, 1.807) is 12.1 Å². The predicted molar refractivity (Wildman–Crippen MR) is 88.4 cm³/mol. The molecule has 1 aliphatic heterocycles. The second-order valence-corrected chi connectivity index (χ2v) is 6.06. The first kappa shape index (κ1) is 16.2. The van der Waals surface area contributed by atoms with Gasteiger partial charge in [-0.3, -0.25) is 4.90 Å². The van der Waals surface area contributed by atoms with E-state index in [9.17, 15) is 4.39 Å². The maximum Gasteiger partial charge on any atom is 0.123 e. The lowest BCUT2D eigenvalue weighted by molar-refractivity contribution is -0.0504. The van der Waals surface area contributed by atoms with Gasteiger partial charge in [-0.15, -0.1) is 0 Å². The van der Waals surface area contributed by atoms with Crippen LogP contribution in [0.4, 0.5) is 4.39 Å². The number of hydrogen-bond donors (Lipinski definition) is 0. The van der Waals surface area contributed by atoms with E-state index >= 15 is 0 Å². The number of benzene rings is 2. The SMILES string of the molecule is Fc1ccc(OC[C@H]2CN(Cc3ccc(Cl)cc3)CCO2)cc1. The van der Waals surface area contributed by atoms with Crippen LogP contribution < -0.4 is 4.74 Å². The monoisotopic (exact) mass is 335 g/mol. The highest BCUT2D eigenvalue weighted by Gasteiger charge is 2.21. The summed E-state index contributed by atoms with van der Waals surface area (Å²) in [6.07, 6.45) is 0.0149. The Hall–Kier alpha value is -1.62. The Balaban J connectivity index is 1.49. The lowest BCUT2D eigenvalue weighted by atomic mass is 10.2. The minimum absolute atomic E-state index is 0.0149. The van der Waals surface area contributed by atoms with E-state index in [1.165, 1.54) is 17.7 Å². The highest BCUT2D eigenvalue weighted by atomic mass is 35.5. The molecule has 23 heavy (non-hydrogen) atoms. The highest BCUT2D eigenvalue weighted by molar-refractivity contribution is 6.30. The molecule has 0 unspecified atom stereocenters. The van der Waals surface area contributed by atoms with Crippen molar-refractivity contribution in [2.24, 2.45) is 0 Å². The Morgan fingerprint density at radius 3 is 2.61 bits per heavy atom. The van der Waals surface area contributed by atoms with Crippen LogP contribution >= 0.6 is 11.6 Å². The molecule has 1 fully saturated rings. The van der Waals surface area contributed by atoms with Gasteiger partial charge in [-0.2, -0.15) is 0 Å². The smallest absolute Gasteiger partial charge is 0.123 e. The fraction of sp³-hybridized carbons (Fsp3) is 0.333. The van der Waals surface area contributed by atoms with Gasteiger partial charge >= 0.3 is 0 Å². The summed E-state index contributed by atoms with van der Waals surface area (Å²) in [5.74, 6) is 0.394. The summed E-state index contributed by atoms with van der Waals surface area (Å²) in [6.45, 7) is 3.72. The van der Waals surface area contributed by atoms with Crippen LogP contribution in [0.25, 0.3) is 0 Å². The molecule has 122 valence electrons. The van der Waals surface area contributed by atoms with Crippen molar-refractivity contribution in [2.75, 3.05) is 26.3 Å². The van der Waals surface area contributed by atoms with Gasteiger partial charge in [0.05, 0.1) is 6.61 Å². The maximum atomic E-state index is 12.9. The fourth-order valence-electron chi connectivity index (χ4n) is 2.59. The molecule has 2 aromatic rings. The number of hydrogen-bond acceptors (Lipinski definition) is 3. The molecule has 3 nitrogen and oxygen atoms in total. The van der Waals surface area contributed by atoms with Crippen LogP contribution in [-0.4, -0.2) is 37.3 Å². The lowest BCUT2D eigenvalue weighted by Gasteiger charge is -2.32. The van der Waals surface area contributed by atoms with E-state index < -0.39 is 0 Å². The molecule has 0 N–H and O–H groups in total. The number of ether oxygens (including phenoxy) is 2. The Kier molecular flexibility index (Phi) is 5.49. The zero-order valence-electron chi connectivity index (χ0n) is 12.8. The van der Waals surface area contributed by atoms with Gasteiger partial charge in [0.25, 0.3) is 0 Å². The molecule has 2 aromatic carbocycles. The summed E-state index contributed by atoms with van der Waals surface area (Å²) in [5, 5.41) is 0.751. The molecule has 3 rings (SSSR count). The summed E-state index contributed by atoms with van der Waals surface area (Å²) in [6, 6.07) is 13.9. The first-order chi connectivity index (χ1) is 11.2. The maximum absolute atomic E-state index is 12.9. The predicted octanol–water partition coefficient (Wildman–Crippen LogP) is 3.76. The molecule has 1 heterocycles. The summed E-state index contributed by atoms with van der Waals surface area (Å²) in [5.41, 5.74) is 1.23. The number of morpholine rings is 1. The second-order valence-electron chi connectivity index (χ2n) is 5.62. The van der Waals surface area contributed by atoms with Crippen molar-refractivity contribution in [3.05, 3.63) is 64.9 Å². The third-order valence-electron chi connectivity index (χ3n) is 3.79. The van der Waals surface area contributed by atoms with Gasteiger partial charge < -0.3 is 9.47 Å². The van der Waals surface area contributed by atoms with Gasteiger partial charge in [0.15, 0.2) is 0 Å². The van der Waals surface area contributed by atoms with E-state index in [-0.39, 0.29) is 11.9 Å². The van der Waals surface area contributed by atoms with Crippen molar-refractivity contribution in [3.63, 3.8) is 0 Å². The number of rotatable bonds is 5. The molecule has 0 aromatic heterocycles. The molecule has 0 amide bonds. The highest BCUT2D eigenvalue weighted by Crippen LogP contribution is 2.16. The third kappa shape index (κ3) is 4.93. The zero-order chi connectivity index (χ0) is 16.1. The fourth-order valence-corrected chi connectivity index (χ4v) is 2.72. The first-order valence-electron chi connectivity index (χ1n) is 7.66. The van der Waals surface area contributed by atoms with Crippen LogP contribution in [0.15, 0.2) is 48.5 Å². The van der Waals surface area contributed by atoms with Crippen molar-refractivity contribution < 1.29 is 13.9 Å². The van der Waals surface area contributed by atoms with Crippen molar-refractivity contribution in [3.8, 4) is 5.75 Å². The van der Waals surface area contributed by atoms with Crippen LogP contribution in [0.1, 0.15) is 5.56 Å². The topological polar surface area (TPSA) is 21.7 Å². The average molecular weight is 336 g/mol. The lowest BCUT2D eigenvalue weighted by Crippen LogP contribution is -2.44. The zero-order valence-corrected chi connectivity index (χ0v) is 13.5. The molecule has 5 heteroatoms. The molecule has 1 atom stereocenters. The van der Waals surface area contributed by atoms with Crippen molar-refractivity contribution >= 4 is 11.6 Å². The van der Waals surface area contributed by atoms with Crippen molar-refractivity contribution in [1.82, 2.24) is 4.90 Å². The standard InChI is InChI=1S/C18H19ClFNO2/c19-15-3-1-14(2-4-15)11-21-9-10-22-18(12-21)13-23-17-7-5-16(20)6-8-17/h1-8,18H,9-13H2/t18-/m1/s1. The number of nitrogens with zero attached hydrogens (tertiary/aromatic N) is 1. The first-order valence-corrected chi connectivity index (χ1v) is 8.03. The molecule has 0 saturated carbocycles. The minimum atomic E-state index is -0.264. The molecule has 0 spiro atoms. The largest absolute Gasteiger partial charge is 0.491 e. The second kappa shape index (κ2) is 7.77. The van der Waals surface area contributed by atoms with Crippen LogP contribution in [0.3, 0.4) is 0 Å². The molecule has 1 saturated heterocycles. The van der Waals surface area contributed by atoms with E-state index in [0.29, 0.717) is 19.0 Å². The van der Waals surface area contributed by atoms with Crippen LogP contribution in [0.2, 0.25) is 5.02 Å². The van der Waals surface area contributed by atoms with E-state index in [4.69, 9.17) is 21.1 Å². The van der Waals surface area contributed by atoms with Crippen molar-refractivity contribution in [1.29, 1.82) is 0 Å². The van der Waals surface area contributed by atoms with Gasteiger partial charge in [0.1, 0.15) is 24.3 Å². The van der Waals surface area contributed by atoms with E-state index in [0.717, 1.165) is 24.7 Å². The summed E-state index contributed by atoms with van der Waals surface area (Å²) < 4.78 is 24.3. The van der Waals surface area contributed by atoms with E-state index in [1.807, 2.05) is 24.3 Å². The van der Waals surface area contributed by atoms with Gasteiger partial charge in [0.2, 0.25) is 0 Å². The summed E-state index contributed by atoms with van der Waals surface area (Å²) in [4.78, 5) is 2.34. The Morgan fingerprint density at radius 1 is 1.13 bits per heavy atom. The van der Waals surface area contributed by atoms with Crippen molar-refractivity contribution in [2.45, 2.75) is 12.6 Å². The van der Waals surface area contributed by atoms with Gasteiger partial charge in [-0.25, -0.2) is 4.39 Å². The average Bonchev–Trinajstić information content (AvgIpc) is 2.57. The normalized spacial score (nSPS) is 18.8. The summed E-state index contributed by atoms with van der Waals surface area (Å²) >= 11 is 5.91. The molecule has 0 radical (unpaired) electrons. The summed E-state index contributed by atoms with van der Waals surface area (Å²) in [7, 11) is 0.